The minimum Gasteiger partial charge on any atom is -0.504 e. The second kappa shape index (κ2) is 4.33. The Kier molecular flexibility index (Phi) is 3.36. The van der Waals surface area contributed by atoms with Crippen molar-refractivity contribution in [2.45, 2.75) is 12.8 Å². The van der Waals surface area contributed by atoms with Crippen LogP contribution in [0.3, 0.4) is 0 Å². The van der Waals surface area contributed by atoms with Gasteiger partial charge in [0, 0.05) is 17.0 Å². The van der Waals surface area contributed by atoms with E-state index < -0.39 is 0 Å². The summed E-state index contributed by atoms with van der Waals surface area (Å²) in [6.45, 7) is 1.71. The highest BCUT2D eigenvalue weighted by Gasteiger charge is 2.13. The Labute approximate surface area is 87.3 Å². The molecule has 0 spiro atoms. The molecule has 0 saturated heterocycles. The third kappa shape index (κ3) is 1.99. The van der Waals surface area contributed by atoms with Crippen LogP contribution in [0.2, 0.25) is 5.02 Å². The average Bonchev–Trinajstić information content (AvgIpc) is 2.19. The lowest BCUT2D eigenvalue weighted by Gasteiger charge is -2.10. The van der Waals surface area contributed by atoms with E-state index in [0.29, 0.717) is 16.3 Å². The SMILES string of the molecule is COc1cc(Cl)c(C(C)C=O)cc1O. The van der Waals surface area contributed by atoms with Gasteiger partial charge in [0.05, 0.1) is 7.11 Å². The second-order valence-corrected chi connectivity index (χ2v) is 3.38. The van der Waals surface area contributed by atoms with Gasteiger partial charge in [-0.1, -0.05) is 18.5 Å². The Morgan fingerprint density at radius 3 is 2.71 bits per heavy atom. The number of methoxy groups -OCH3 is 1. The molecule has 3 nitrogen and oxygen atoms in total. The van der Waals surface area contributed by atoms with Gasteiger partial charge in [0.15, 0.2) is 11.5 Å². The molecular weight excluding hydrogens is 204 g/mol. The van der Waals surface area contributed by atoms with Crippen molar-refractivity contribution in [3.8, 4) is 11.5 Å². The number of halogens is 1. The average molecular weight is 215 g/mol. The summed E-state index contributed by atoms with van der Waals surface area (Å²) in [6.07, 6.45) is 0.771. The minimum atomic E-state index is -0.334. The van der Waals surface area contributed by atoms with Gasteiger partial charge in [-0.2, -0.15) is 0 Å². The first-order valence-corrected chi connectivity index (χ1v) is 4.49. The highest BCUT2D eigenvalue weighted by molar-refractivity contribution is 6.31. The quantitative estimate of drug-likeness (QED) is 0.786. The third-order valence-electron chi connectivity index (χ3n) is 1.99. The first-order chi connectivity index (χ1) is 6.60. The van der Waals surface area contributed by atoms with Gasteiger partial charge in [0.1, 0.15) is 6.29 Å². The highest BCUT2D eigenvalue weighted by Crippen LogP contribution is 2.34. The largest absolute Gasteiger partial charge is 0.504 e. The van der Waals surface area contributed by atoms with E-state index in [9.17, 15) is 9.90 Å². The summed E-state index contributed by atoms with van der Waals surface area (Å²) in [5, 5.41) is 9.88. The number of hydrogen-bond donors (Lipinski definition) is 1. The maximum absolute atomic E-state index is 10.6. The molecule has 0 saturated carbocycles. The molecule has 0 heterocycles. The first-order valence-electron chi connectivity index (χ1n) is 4.11. The lowest BCUT2D eigenvalue weighted by Crippen LogP contribution is -1.96. The summed E-state index contributed by atoms with van der Waals surface area (Å²) in [5.74, 6) is -0.0447. The number of aldehydes is 1. The zero-order valence-electron chi connectivity index (χ0n) is 7.95. The minimum absolute atomic E-state index is 0.0133. The summed E-state index contributed by atoms with van der Waals surface area (Å²) in [4.78, 5) is 10.6. The van der Waals surface area contributed by atoms with Crippen molar-refractivity contribution >= 4 is 17.9 Å². The number of phenols is 1. The molecule has 76 valence electrons. The van der Waals surface area contributed by atoms with Gasteiger partial charge in [-0.25, -0.2) is 0 Å². The van der Waals surface area contributed by atoms with E-state index in [1.807, 2.05) is 0 Å². The topological polar surface area (TPSA) is 46.5 Å². The number of phenolic OH excluding ortho intramolecular Hbond substituents is 1. The highest BCUT2D eigenvalue weighted by atomic mass is 35.5. The summed E-state index contributed by atoms with van der Waals surface area (Å²) >= 11 is 5.90. The number of carbonyl (C=O) groups is 1. The molecule has 0 aliphatic heterocycles. The van der Waals surface area contributed by atoms with Gasteiger partial charge in [-0.05, 0) is 11.6 Å². The standard InChI is InChI=1S/C10H11ClO3/c1-6(5-12)7-3-9(13)10(14-2)4-8(7)11/h3-6,13H,1-2H3. The van der Waals surface area contributed by atoms with Crippen LogP contribution >= 0.6 is 11.6 Å². The van der Waals surface area contributed by atoms with Crippen molar-refractivity contribution in [2.75, 3.05) is 7.11 Å². The smallest absolute Gasteiger partial charge is 0.161 e. The van der Waals surface area contributed by atoms with Gasteiger partial charge in [0.2, 0.25) is 0 Å². The summed E-state index contributed by atoms with van der Waals surface area (Å²) < 4.78 is 4.87. The van der Waals surface area contributed by atoms with E-state index in [4.69, 9.17) is 16.3 Å². The molecule has 1 unspecified atom stereocenters. The summed E-state index contributed by atoms with van der Waals surface area (Å²) in [5.41, 5.74) is 0.597. The fourth-order valence-electron chi connectivity index (χ4n) is 1.15. The van der Waals surface area contributed by atoms with Crippen LogP contribution in [0.1, 0.15) is 18.4 Å². The Bertz CT molecular complexity index is 349. The number of hydrogen-bond acceptors (Lipinski definition) is 3. The van der Waals surface area contributed by atoms with Gasteiger partial charge in [-0.15, -0.1) is 0 Å². The fraction of sp³-hybridized carbons (Fsp3) is 0.300. The Balaban J connectivity index is 3.21. The van der Waals surface area contributed by atoms with Crippen LogP contribution in [0, 0.1) is 0 Å². The van der Waals surface area contributed by atoms with Gasteiger partial charge >= 0.3 is 0 Å². The van der Waals surface area contributed by atoms with Crippen LogP contribution < -0.4 is 4.74 Å². The molecule has 0 aliphatic carbocycles. The summed E-state index contributed by atoms with van der Waals surface area (Å²) in [7, 11) is 1.44. The first kappa shape index (κ1) is 10.9. The Hall–Kier alpha value is -1.22. The fourth-order valence-corrected chi connectivity index (χ4v) is 1.47. The van der Waals surface area contributed by atoms with Crippen molar-refractivity contribution in [3.63, 3.8) is 0 Å². The van der Waals surface area contributed by atoms with E-state index in [2.05, 4.69) is 0 Å². The van der Waals surface area contributed by atoms with E-state index in [0.717, 1.165) is 6.29 Å². The molecule has 0 aromatic heterocycles. The normalized spacial score (nSPS) is 12.2. The van der Waals surface area contributed by atoms with Crippen LogP contribution in [0.25, 0.3) is 0 Å². The molecule has 0 aliphatic rings. The maximum Gasteiger partial charge on any atom is 0.161 e. The molecular formula is C10H11ClO3. The predicted molar refractivity (Wildman–Crippen MR) is 54.1 cm³/mol. The van der Waals surface area contributed by atoms with Gasteiger partial charge < -0.3 is 14.6 Å². The van der Waals surface area contributed by atoms with Gasteiger partial charge in [-0.3, -0.25) is 0 Å². The molecule has 14 heavy (non-hydrogen) atoms. The molecule has 0 bridgehead atoms. The third-order valence-corrected chi connectivity index (χ3v) is 2.32. The van der Waals surface area contributed by atoms with Crippen LogP contribution in [0.5, 0.6) is 11.5 Å². The van der Waals surface area contributed by atoms with E-state index in [-0.39, 0.29) is 11.7 Å². The number of aromatic hydroxyl groups is 1. The number of carbonyl (C=O) groups excluding carboxylic acids is 1. The van der Waals surface area contributed by atoms with Gasteiger partial charge in [0.25, 0.3) is 0 Å². The predicted octanol–water partition coefficient (Wildman–Crippen LogP) is 2.36. The zero-order valence-corrected chi connectivity index (χ0v) is 8.71. The lowest BCUT2D eigenvalue weighted by atomic mass is 10.0. The molecule has 1 aromatic rings. The van der Waals surface area contributed by atoms with Crippen molar-refractivity contribution < 1.29 is 14.6 Å². The Morgan fingerprint density at radius 2 is 2.21 bits per heavy atom. The number of rotatable bonds is 3. The Morgan fingerprint density at radius 1 is 1.57 bits per heavy atom. The molecule has 1 N–H and O–H groups in total. The van der Waals surface area contributed by atoms with Crippen LogP contribution in [-0.2, 0) is 4.79 Å². The molecule has 1 atom stereocenters. The van der Waals surface area contributed by atoms with E-state index in [1.54, 1.807) is 6.92 Å². The zero-order chi connectivity index (χ0) is 10.7. The van der Waals surface area contributed by atoms with E-state index in [1.165, 1.54) is 19.2 Å². The molecule has 1 rings (SSSR count). The molecule has 4 heteroatoms. The second-order valence-electron chi connectivity index (χ2n) is 2.97. The molecule has 1 aromatic carbocycles. The van der Waals surface area contributed by atoms with Crippen molar-refractivity contribution in [1.82, 2.24) is 0 Å². The molecule has 0 amide bonds. The van der Waals surface area contributed by atoms with Crippen molar-refractivity contribution in [1.29, 1.82) is 0 Å². The van der Waals surface area contributed by atoms with Crippen LogP contribution in [-0.4, -0.2) is 18.5 Å². The van der Waals surface area contributed by atoms with Crippen molar-refractivity contribution in [2.24, 2.45) is 0 Å². The monoisotopic (exact) mass is 214 g/mol. The molecule has 0 radical (unpaired) electrons. The van der Waals surface area contributed by atoms with Crippen LogP contribution in [0.4, 0.5) is 0 Å². The number of benzene rings is 1. The van der Waals surface area contributed by atoms with E-state index >= 15 is 0 Å². The maximum atomic E-state index is 10.6. The van der Waals surface area contributed by atoms with Crippen molar-refractivity contribution in [3.05, 3.63) is 22.7 Å². The van der Waals surface area contributed by atoms with Crippen LogP contribution in [0.15, 0.2) is 12.1 Å². The number of ether oxygens (including phenoxy) is 1. The lowest BCUT2D eigenvalue weighted by molar-refractivity contribution is -0.108. The summed E-state index contributed by atoms with van der Waals surface area (Å²) in [6, 6.07) is 2.94. The molecule has 0 fully saturated rings.